The molecule has 1 atom stereocenters. The van der Waals surface area contributed by atoms with Gasteiger partial charge in [-0.2, -0.15) is 0 Å². The number of benzene rings is 1. The first kappa shape index (κ1) is 17.6. The molecule has 1 aliphatic rings. The monoisotopic (exact) mass is 342 g/mol. The van der Waals surface area contributed by atoms with Gasteiger partial charge >= 0.3 is 6.09 Å². The number of sulfonamides is 1. The summed E-state index contributed by atoms with van der Waals surface area (Å²) in [7, 11) is -2.08. The molecule has 23 heavy (non-hydrogen) atoms. The van der Waals surface area contributed by atoms with Gasteiger partial charge in [-0.1, -0.05) is 0 Å². The molecule has 1 N–H and O–H groups in total. The molecule has 0 spiro atoms. The number of carbonyl (C=O) groups excluding carboxylic acids is 1. The first-order valence-corrected chi connectivity index (χ1v) is 8.88. The predicted octanol–water partition coefficient (Wildman–Crippen LogP) is 1.43. The molecule has 7 nitrogen and oxygen atoms in total. The van der Waals surface area contributed by atoms with E-state index in [0.717, 1.165) is 5.56 Å². The van der Waals surface area contributed by atoms with Crippen LogP contribution in [0.4, 0.5) is 4.79 Å². The summed E-state index contributed by atoms with van der Waals surface area (Å²) in [6.07, 6.45) is -0.923. The Morgan fingerprint density at radius 3 is 2.61 bits per heavy atom. The van der Waals surface area contributed by atoms with E-state index in [4.69, 9.17) is 9.47 Å². The minimum atomic E-state index is -3.68. The number of aryl methyl sites for hydroxylation is 2. The fourth-order valence-corrected chi connectivity index (χ4v) is 3.78. The van der Waals surface area contributed by atoms with Crippen LogP contribution in [0, 0.1) is 13.8 Å². The van der Waals surface area contributed by atoms with Gasteiger partial charge in [0.05, 0.1) is 18.0 Å². The van der Waals surface area contributed by atoms with Gasteiger partial charge in [0.15, 0.2) is 0 Å². The van der Waals surface area contributed by atoms with Gasteiger partial charge in [0.25, 0.3) is 0 Å². The lowest BCUT2D eigenvalue weighted by atomic mass is 10.1. The predicted molar refractivity (Wildman–Crippen MR) is 85.2 cm³/mol. The van der Waals surface area contributed by atoms with Crippen LogP contribution in [0.3, 0.4) is 0 Å². The van der Waals surface area contributed by atoms with Gasteiger partial charge in [-0.25, -0.2) is 17.9 Å². The Hall–Kier alpha value is -1.80. The van der Waals surface area contributed by atoms with E-state index in [9.17, 15) is 13.2 Å². The highest BCUT2D eigenvalue weighted by molar-refractivity contribution is 7.89. The second-order valence-electron chi connectivity index (χ2n) is 5.55. The molecule has 1 aliphatic heterocycles. The number of ether oxygens (including phenoxy) is 2. The van der Waals surface area contributed by atoms with Crippen molar-refractivity contribution >= 4 is 16.1 Å². The van der Waals surface area contributed by atoms with Crippen LogP contribution in [0.2, 0.25) is 0 Å². The summed E-state index contributed by atoms with van der Waals surface area (Å²) in [6.45, 7) is 6.33. The third-order valence-corrected chi connectivity index (χ3v) is 5.19. The summed E-state index contributed by atoms with van der Waals surface area (Å²) in [5.41, 5.74) is 1.36. The SMILES string of the molecule is CCOc1cc(C)c(S(=O)(=O)NCC2CN(C)C(=O)O2)cc1C. The van der Waals surface area contributed by atoms with Crippen molar-refractivity contribution in [3.63, 3.8) is 0 Å². The van der Waals surface area contributed by atoms with Crippen molar-refractivity contribution in [1.29, 1.82) is 0 Å². The maximum absolute atomic E-state index is 12.5. The third-order valence-electron chi connectivity index (χ3n) is 3.62. The molecule has 1 amide bonds. The van der Waals surface area contributed by atoms with E-state index < -0.39 is 22.2 Å². The highest BCUT2D eigenvalue weighted by Gasteiger charge is 2.29. The van der Waals surface area contributed by atoms with Gasteiger partial charge in [0.1, 0.15) is 11.9 Å². The van der Waals surface area contributed by atoms with Gasteiger partial charge in [-0.05, 0) is 44.0 Å². The largest absolute Gasteiger partial charge is 0.494 e. The number of rotatable bonds is 6. The van der Waals surface area contributed by atoms with Crippen LogP contribution >= 0.6 is 0 Å². The van der Waals surface area contributed by atoms with Crippen molar-refractivity contribution in [3.05, 3.63) is 23.3 Å². The Morgan fingerprint density at radius 2 is 2.04 bits per heavy atom. The molecule has 1 aromatic carbocycles. The van der Waals surface area contributed by atoms with Crippen LogP contribution in [0.1, 0.15) is 18.1 Å². The standard InChI is InChI=1S/C15H22N2O5S/c1-5-21-13-6-11(3)14(7-10(13)2)23(19,20)16-8-12-9-17(4)15(18)22-12/h6-7,12,16H,5,8-9H2,1-4H3. The molecule has 0 bridgehead atoms. The summed E-state index contributed by atoms with van der Waals surface area (Å²) in [6, 6.07) is 3.31. The van der Waals surface area contributed by atoms with Crippen molar-refractivity contribution in [3.8, 4) is 5.75 Å². The van der Waals surface area contributed by atoms with Gasteiger partial charge < -0.3 is 14.4 Å². The molecule has 0 aromatic heterocycles. The Kier molecular flexibility index (Phi) is 5.16. The molecule has 1 heterocycles. The Bertz CT molecular complexity index is 702. The molecule has 8 heteroatoms. The Balaban J connectivity index is 2.13. The van der Waals surface area contributed by atoms with Crippen LogP contribution in [-0.2, 0) is 14.8 Å². The second-order valence-corrected chi connectivity index (χ2v) is 7.29. The molecule has 0 aliphatic carbocycles. The molecule has 1 fully saturated rings. The Morgan fingerprint density at radius 1 is 1.35 bits per heavy atom. The molecule has 1 saturated heterocycles. The lowest BCUT2D eigenvalue weighted by Gasteiger charge is -2.15. The van der Waals surface area contributed by atoms with Gasteiger partial charge in [0.2, 0.25) is 10.0 Å². The zero-order valence-corrected chi connectivity index (χ0v) is 14.6. The van der Waals surface area contributed by atoms with E-state index in [0.29, 0.717) is 24.5 Å². The van der Waals surface area contributed by atoms with Gasteiger partial charge in [-0.15, -0.1) is 0 Å². The second kappa shape index (κ2) is 6.76. The molecule has 0 saturated carbocycles. The van der Waals surface area contributed by atoms with Crippen LogP contribution < -0.4 is 9.46 Å². The average Bonchev–Trinajstić information content (AvgIpc) is 2.79. The zero-order chi connectivity index (χ0) is 17.2. The van der Waals surface area contributed by atoms with Crippen molar-refractivity contribution in [2.24, 2.45) is 0 Å². The van der Waals surface area contributed by atoms with E-state index >= 15 is 0 Å². The normalized spacial score (nSPS) is 18.2. The number of hydrogen-bond acceptors (Lipinski definition) is 5. The smallest absolute Gasteiger partial charge is 0.410 e. The maximum Gasteiger partial charge on any atom is 0.410 e. The fourth-order valence-electron chi connectivity index (χ4n) is 2.40. The third kappa shape index (κ3) is 3.94. The quantitative estimate of drug-likeness (QED) is 0.845. The zero-order valence-electron chi connectivity index (χ0n) is 13.8. The number of nitrogens with one attached hydrogen (secondary N) is 1. The highest BCUT2D eigenvalue weighted by atomic mass is 32.2. The summed E-state index contributed by atoms with van der Waals surface area (Å²) in [5.74, 6) is 0.676. The number of carbonyl (C=O) groups is 1. The number of hydrogen-bond donors (Lipinski definition) is 1. The molecule has 1 aromatic rings. The number of nitrogens with zero attached hydrogens (tertiary/aromatic N) is 1. The lowest BCUT2D eigenvalue weighted by Crippen LogP contribution is -2.34. The molecule has 1 unspecified atom stereocenters. The van der Waals surface area contributed by atoms with Crippen molar-refractivity contribution in [2.45, 2.75) is 31.8 Å². The summed E-state index contributed by atoms with van der Waals surface area (Å²) in [5, 5.41) is 0. The maximum atomic E-state index is 12.5. The van der Waals surface area contributed by atoms with E-state index in [1.807, 2.05) is 6.92 Å². The summed E-state index contributed by atoms with van der Waals surface area (Å²) in [4.78, 5) is 12.9. The first-order valence-electron chi connectivity index (χ1n) is 7.40. The van der Waals surface area contributed by atoms with Crippen LogP contribution in [0.15, 0.2) is 17.0 Å². The molecule has 128 valence electrons. The number of cyclic esters (lactones) is 1. The summed E-state index contributed by atoms with van der Waals surface area (Å²) >= 11 is 0. The fraction of sp³-hybridized carbons (Fsp3) is 0.533. The lowest BCUT2D eigenvalue weighted by molar-refractivity contribution is 0.135. The van der Waals surface area contributed by atoms with E-state index in [1.165, 1.54) is 4.90 Å². The van der Waals surface area contributed by atoms with Gasteiger partial charge in [0, 0.05) is 13.6 Å². The molecular formula is C15H22N2O5S. The average molecular weight is 342 g/mol. The minimum Gasteiger partial charge on any atom is -0.494 e. The van der Waals surface area contributed by atoms with E-state index in [2.05, 4.69) is 4.72 Å². The summed E-state index contributed by atoms with van der Waals surface area (Å²) < 4.78 is 38.0. The minimum absolute atomic E-state index is 0.0457. The topological polar surface area (TPSA) is 84.9 Å². The number of amides is 1. The van der Waals surface area contributed by atoms with Crippen molar-refractivity contribution in [1.82, 2.24) is 9.62 Å². The number of likely N-dealkylation sites (N-methyl/N-ethyl adjacent to an activating group) is 1. The molecule has 2 rings (SSSR count). The van der Waals surface area contributed by atoms with Gasteiger partial charge in [-0.3, -0.25) is 0 Å². The highest BCUT2D eigenvalue weighted by Crippen LogP contribution is 2.26. The van der Waals surface area contributed by atoms with Crippen LogP contribution in [0.5, 0.6) is 5.75 Å². The van der Waals surface area contributed by atoms with E-state index in [-0.39, 0.29) is 11.4 Å². The van der Waals surface area contributed by atoms with Crippen LogP contribution in [0.25, 0.3) is 0 Å². The van der Waals surface area contributed by atoms with Crippen molar-refractivity contribution < 1.29 is 22.7 Å². The molecule has 0 radical (unpaired) electrons. The Labute approximate surface area is 136 Å². The van der Waals surface area contributed by atoms with Crippen LogP contribution in [-0.4, -0.2) is 52.3 Å². The van der Waals surface area contributed by atoms with E-state index in [1.54, 1.807) is 33.0 Å². The molecular weight excluding hydrogens is 320 g/mol. The first-order chi connectivity index (χ1) is 10.7. The van der Waals surface area contributed by atoms with Crippen molar-refractivity contribution in [2.75, 3.05) is 26.7 Å².